The summed E-state index contributed by atoms with van der Waals surface area (Å²) in [6, 6.07) is 16.6. The van der Waals surface area contributed by atoms with E-state index in [1.807, 2.05) is 18.2 Å². The Bertz CT molecular complexity index is 547. The van der Waals surface area contributed by atoms with Gasteiger partial charge in [0.05, 0.1) is 0 Å². The van der Waals surface area contributed by atoms with Crippen LogP contribution in [0.25, 0.3) is 0 Å². The third-order valence-corrected chi connectivity index (χ3v) is 4.11. The van der Waals surface area contributed by atoms with Crippen LogP contribution in [0, 0.1) is 6.92 Å². The number of nitrogens with two attached hydrogens (primary N) is 1. The fraction of sp³-hybridized carbons (Fsp3) is 0.294. The van der Waals surface area contributed by atoms with Gasteiger partial charge in [-0.05, 0) is 30.5 Å². The van der Waals surface area contributed by atoms with Crippen molar-refractivity contribution in [1.82, 2.24) is 0 Å². The summed E-state index contributed by atoms with van der Waals surface area (Å²) < 4.78 is 0. The molecule has 0 bridgehead atoms. The molecule has 0 aliphatic carbocycles. The fourth-order valence-corrected chi connectivity index (χ4v) is 2.51. The molecule has 0 saturated heterocycles. The molecule has 1 unspecified atom stereocenters. The molecule has 0 fully saturated rings. The van der Waals surface area contributed by atoms with Gasteiger partial charge < -0.3 is 5.73 Å². The molecule has 100 valence electrons. The van der Waals surface area contributed by atoms with Crippen LogP contribution in [0.15, 0.2) is 48.5 Å². The van der Waals surface area contributed by atoms with Crippen molar-refractivity contribution in [3.8, 4) is 0 Å². The Labute approximate surface area is 120 Å². The molecule has 0 spiro atoms. The summed E-state index contributed by atoms with van der Waals surface area (Å²) in [6.45, 7) is 4.89. The number of aryl methyl sites for hydroxylation is 1. The molecule has 0 aromatic heterocycles. The van der Waals surface area contributed by atoms with Gasteiger partial charge in [0.15, 0.2) is 0 Å². The number of hydrogen-bond donors (Lipinski definition) is 1. The van der Waals surface area contributed by atoms with Crippen molar-refractivity contribution >= 4 is 11.6 Å². The maximum Gasteiger partial charge on any atom is 0.0438 e. The lowest BCUT2D eigenvalue weighted by Crippen LogP contribution is -2.34. The molecule has 1 nitrogen and oxygen atoms in total. The molecule has 0 amide bonds. The first kappa shape index (κ1) is 14.1. The predicted octanol–water partition coefficient (Wildman–Crippen LogP) is 4.11. The summed E-state index contributed by atoms with van der Waals surface area (Å²) >= 11 is 6.26. The Kier molecular flexibility index (Phi) is 4.28. The molecule has 2 heteroatoms. The van der Waals surface area contributed by atoms with Gasteiger partial charge in [0.25, 0.3) is 0 Å². The summed E-state index contributed by atoms with van der Waals surface area (Å²) in [5.41, 5.74) is 9.63. The Morgan fingerprint density at radius 1 is 1.05 bits per heavy atom. The van der Waals surface area contributed by atoms with Crippen LogP contribution in [0.3, 0.4) is 0 Å². The van der Waals surface area contributed by atoms with Crippen molar-refractivity contribution in [3.05, 3.63) is 70.2 Å². The largest absolute Gasteiger partial charge is 0.330 e. The molecule has 0 radical (unpaired) electrons. The van der Waals surface area contributed by atoms with E-state index in [9.17, 15) is 0 Å². The molecule has 0 aliphatic rings. The third kappa shape index (κ3) is 3.17. The first-order chi connectivity index (χ1) is 9.05. The van der Waals surface area contributed by atoms with E-state index in [4.69, 9.17) is 17.3 Å². The van der Waals surface area contributed by atoms with Gasteiger partial charge in [-0.2, -0.15) is 0 Å². The average molecular weight is 274 g/mol. The van der Waals surface area contributed by atoms with E-state index < -0.39 is 0 Å². The summed E-state index contributed by atoms with van der Waals surface area (Å²) in [5.74, 6) is 0. The second kappa shape index (κ2) is 5.77. The normalized spacial score (nSPS) is 14.1. The van der Waals surface area contributed by atoms with Crippen LogP contribution < -0.4 is 5.73 Å². The predicted molar refractivity (Wildman–Crippen MR) is 82.7 cm³/mol. The van der Waals surface area contributed by atoms with E-state index in [-0.39, 0.29) is 5.41 Å². The van der Waals surface area contributed by atoms with Crippen LogP contribution in [-0.4, -0.2) is 6.54 Å². The van der Waals surface area contributed by atoms with E-state index in [0.717, 1.165) is 17.0 Å². The molecule has 19 heavy (non-hydrogen) atoms. The van der Waals surface area contributed by atoms with E-state index in [0.29, 0.717) is 6.54 Å². The highest BCUT2D eigenvalue weighted by atomic mass is 35.5. The van der Waals surface area contributed by atoms with Crippen molar-refractivity contribution in [2.75, 3.05) is 6.54 Å². The second-order valence-electron chi connectivity index (χ2n) is 5.40. The molecule has 0 saturated carbocycles. The second-order valence-corrected chi connectivity index (χ2v) is 5.81. The topological polar surface area (TPSA) is 26.0 Å². The highest BCUT2D eigenvalue weighted by molar-refractivity contribution is 6.31. The molecule has 0 aliphatic heterocycles. The smallest absolute Gasteiger partial charge is 0.0438 e. The summed E-state index contributed by atoms with van der Waals surface area (Å²) in [6.07, 6.45) is 0.853. The molecule has 2 N–H and O–H groups in total. The van der Waals surface area contributed by atoms with Gasteiger partial charge in [-0.3, -0.25) is 0 Å². The monoisotopic (exact) mass is 273 g/mol. The minimum Gasteiger partial charge on any atom is -0.330 e. The van der Waals surface area contributed by atoms with Gasteiger partial charge in [0, 0.05) is 17.0 Å². The minimum absolute atomic E-state index is 0.0846. The van der Waals surface area contributed by atoms with Crippen LogP contribution in [-0.2, 0) is 11.8 Å². The fourth-order valence-electron chi connectivity index (χ4n) is 2.31. The lowest BCUT2D eigenvalue weighted by atomic mass is 9.77. The van der Waals surface area contributed by atoms with Gasteiger partial charge in [-0.1, -0.05) is 66.6 Å². The van der Waals surface area contributed by atoms with Gasteiger partial charge in [0.1, 0.15) is 0 Å². The van der Waals surface area contributed by atoms with Crippen LogP contribution in [0.1, 0.15) is 23.6 Å². The molecular weight excluding hydrogens is 254 g/mol. The van der Waals surface area contributed by atoms with Crippen molar-refractivity contribution in [3.63, 3.8) is 0 Å². The van der Waals surface area contributed by atoms with Crippen molar-refractivity contribution in [2.24, 2.45) is 5.73 Å². The zero-order valence-electron chi connectivity index (χ0n) is 11.5. The third-order valence-electron chi connectivity index (χ3n) is 3.74. The SMILES string of the molecule is Cc1ccc(C(C)(CN)Cc2ccccc2Cl)cc1. The summed E-state index contributed by atoms with van der Waals surface area (Å²) in [4.78, 5) is 0. The van der Waals surface area contributed by atoms with Crippen LogP contribution >= 0.6 is 11.6 Å². The number of rotatable bonds is 4. The number of halogens is 1. The first-order valence-corrected chi connectivity index (χ1v) is 6.93. The maximum absolute atomic E-state index is 6.26. The van der Waals surface area contributed by atoms with E-state index in [1.54, 1.807) is 0 Å². The Morgan fingerprint density at radius 3 is 2.26 bits per heavy atom. The van der Waals surface area contributed by atoms with E-state index in [1.165, 1.54) is 11.1 Å². The molecule has 2 aromatic rings. The highest BCUT2D eigenvalue weighted by Gasteiger charge is 2.26. The molecule has 2 aromatic carbocycles. The quantitative estimate of drug-likeness (QED) is 0.891. The standard InChI is InChI=1S/C17H20ClN/c1-13-7-9-15(10-8-13)17(2,12-19)11-14-5-3-4-6-16(14)18/h3-10H,11-12,19H2,1-2H3. The summed E-state index contributed by atoms with van der Waals surface area (Å²) in [5, 5.41) is 0.814. The highest BCUT2D eigenvalue weighted by Crippen LogP contribution is 2.30. The van der Waals surface area contributed by atoms with Gasteiger partial charge >= 0.3 is 0 Å². The van der Waals surface area contributed by atoms with Gasteiger partial charge in [-0.25, -0.2) is 0 Å². The number of hydrogen-bond acceptors (Lipinski definition) is 1. The van der Waals surface area contributed by atoms with Gasteiger partial charge in [-0.15, -0.1) is 0 Å². The van der Waals surface area contributed by atoms with Crippen LogP contribution in [0.5, 0.6) is 0 Å². The lowest BCUT2D eigenvalue weighted by molar-refractivity contribution is 0.481. The van der Waals surface area contributed by atoms with E-state index in [2.05, 4.69) is 44.2 Å². The first-order valence-electron chi connectivity index (χ1n) is 6.56. The van der Waals surface area contributed by atoms with Crippen LogP contribution in [0.2, 0.25) is 5.02 Å². The molecular formula is C17H20ClN. The lowest BCUT2D eigenvalue weighted by Gasteiger charge is -2.29. The van der Waals surface area contributed by atoms with Crippen molar-refractivity contribution in [1.29, 1.82) is 0 Å². The minimum atomic E-state index is -0.0846. The molecule has 0 heterocycles. The Morgan fingerprint density at radius 2 is 1.68 bits per heavy atom. The van der Waals surface area contributed by atoms with Gasteiger partial charge in [0.2, 0.25) is 0 Å². The average Bonchev–Trinajstić information content (AvgIpc) is 2.42. The van der Waals surface area contributed by atoms with Crippen molar-refractivity contribution < 1.29 is 0 Å². The maximum atomic E-state index is 6.26. The Hall–Kier alpha value is -1.31. The number of benzene rings is 2. The molecule has 1 atom stereocenters. The van der Waals surface area contributed by atoms with E-state index >= 15 is 0 Å². The van der Waals surface area contributed by atoms with Crippen molar-refractivity contribution in [2.45, 2.75) is 25.7 Å². The summed E-state index contributed by atoms with van der Waals surface area (Å²) in [7, 11) is 0. The molecule has 2 rings (SSSR count). The zero-order chi connectivity index (χ0) is 13.9. The zero-order valence-corrected chi connectivity index (χ0v) is 12.2. The Balaban J connectivity index is 2.33. The van der Waals surface area contributed by atoms with Crippen LogP contribution in [0.4, 0.5) is 0 Å².